The predicted octanol–water partition coefficient (Wildman–Crippen LogP) is 5.17. The highest BCUT2D eigenvalue weighted by Gasteiger charge is 2.61. The summed E-state index contributed by atoms with van der Waals surface area (Å²) in [5.74, 6) is -2.25. The van der Waals surface area contributed by atoms with Crippen LogP contribution in [0.2, 0.25) is 0 Å². The van der Waals surface area contributed by atoms with Gasteiger partial charge in [-0.15, -0.1) is 0 Å². The van der Waals surface area contributed by atoms with Crippen LogP contribution in [0.3, 0.4) is 0 Å². The lowest BCUT2D eigenvalue weighted by atomic mass is 9.77. The number of benzene rings is 1. The lowest BCUT2D eigenvalue weighted by Gasteiger charge is -2.41. The predicted molar refractivity (Wildman–Crippen MR) is 144 cm³/mol. The van der Waals surface area contributed by atoms with Gasteiger partial charge in [0.05, 0.1) is 12.3 Å². The second-order valence-corrected chi connectivity index (χ2v) is 13.1. The number of hydrogen-bond acceptors (Lipinski definition) is 6. The topological polar surface area (TPSA) is 114 Å². The Morgan fingerprint density at radius 3 is 2.20 bits per heavy atom. The van der Waals surface area contributed by atoms with Crippen molar-refractivity contribution in [3.05, 3.63) is 65.0 Å². The molecule has 1 aromatic carbocycles. The Hall–Kier alpha value is -3.76. The third-order valence-electron chi connectivity index (χ3n) is 7.71. The van der Waals surface area contributed by atoms with Crippen LogP contribution in [0.4, 0.5) is 35.1 Å². The summed E-state index contributed by atoms with van der Waals surface area (Å²) in [4.78, 5) is 30.0. The maximum Gasteiger partial charge on any atom is 0.416 e. The van der Waals surface area contributed by atoms with E-state index in [4.69, 9.17) is 4.74 Å². The van der Waals surface area contributed by atoms with Gasteiger partial charge in [0, 0.05) is 43.0 Å². The Balaban J connectivity index is 1.69. The van der Waals surface area contributed by atoms with Crippen molar-refractivity contribution in [1.82, 2.24) is 15.6 Å². The van der Waals surface area contributed by atoms with Crippen molar-refractivity contribution in [2.45, 2.75) is 61.2 Å². The molecule has 0 bridgehead atoms. The van der Waals surface area contributed by atoms with Gasteiger partial charge in [0.15, 0.2) is 20.1 Å². The first-order valence-corrected chi connectivity index (χ1v) is 15.3. The average Bonchev–Trinajstić information content (AvgIpc) is 3.76. The van der Waals surface area contributed by atoms with Gasteiger partial charge in [0.1, 0.15) is 5.75 Å². The molecule has 2 N–H and O–H groups in total. The van der Waals surface area contributed by atoms with Crippen LogP contribution in [0.1, 0.15) is 55.4 Å². The first-order chi connectivity index (χ1) is 20.8. The van der Waals surface area contributed by atoms with E-state index in [1.54, 1.807) is 0 Å². The monoisotopic (exact) mass is 669 g/mol. The number of halogens is 8. The van der Waals surface area contributed by atoms with Crippen molar-refractivity contribution in [3.8, 4) is 5.75 Å². The molecule has 0 spiro atoms. The molecule has 2 aliphatic rings. The number of rotatable bonds is 11. The molecule has 246 valence electrons. The minimum absolute atomic E-state index is 0.0195. The zero-order valence-electron chi connectivity index (χ0n) is 23.5. The smallest absolute Gasteiger partial charge is 0.416 e. The summed E-state index contributed by atoms with van der Waals surface area (Å²) in [7, 11) is -3.85. The van der Waals surface area contributed by atoms with Gasteiger partial charge in [-0.1, -0.05) is 12.1 Å². The highest BCUT2D eigenvalue weighted by molar-refractivity contribution is 7.93. The number of nitrogens with one attached hydrogen (secondary N) is 2. The van der Waals surface area contributed by atoms with Gasteiger partial charge in [-0.3, -0.25) is 14.6 Å². The number of carbonyl (C=O) groups is 2. The SMILES string of the molecule is CS(=O)(=O)C1(C(=O)NCC2=C(c3ccc(C(F)F)cn3)C[C@](c3ccc(OCCCC(F)(F)F)cc3)(C(F)(F)F)NC2=O)CC1. The molecule has 1 aliphatic carbocycles. The Bertz CT molecular complexity index is 1570. The quantitative estimate of drug-likeness (QED) is 0.252. The first-order valence-electron chi connectivity index (χ1n) is 13.4. The van der Waals surface area contributed by atoms with Crippen molar-refractivity contribution in [3.63, 3.8) is 0 Å². The van der Waals surface area contributed by atoms with E-state index in [2.05, 4.69) is 10.3 Å². The van der Waals surface area contributed by atoms with E-state index in [0.717, 1.165) is 48.9 Å². The third kappa shape index (κ3) is 7.23. The molecule has 2 aromatic rings. The highest BCUT2D eigenvalue weighted by Crippen LogP contribution is 2.49. The zero-order valence-corrected chi connectivity index (χ0v) is 24.3. The fourth-order valence-corrected chi connectivity index (χ4v) is 6.24. The fourth-order valence-electron chi connectivity index (χ4n) is 4.98. The highest BCUT2D eigenvalue weighted by atomic mass is 32.2. The normalized spacial score (nSPS) is 20.2. The van der Waals surface area contributed by atoms with Crippen molar-refractivity contribution >= 4 is 27.2 Å². The summed E-state index contributed by atoms with van der Waals surface area (Å²) in [5, 5.41) is 4.27. The maximum absolute atomic E-state index is 14.9. The number of aromatic nitrogens is 1. The second kappa shape index (κ2) is 12.2. The van der Waals surface area contributed by atoms with E-state index < -0.39 is 86.8 Å². The second-order valence-electron chi connectivity index (χ2n) is 10.8. The van der Waals surface area contributed by atoms with Gasteiger partial charge in [0.25, 0.3) is 6.43 Å². The number of nitrogens with zero attached hydrogens (tertiary/aromatic N) is 1. The molecule has 1 aliphatic heterocycles. The van der Waals surface area contributed by atoms with Crippen LogP contribution in [-0.2, 0) is 25.0 Å². The van der Waals surface area contributed by atoms with E-state index in [1.165, 1.54) is 0 Å². The minimum Gasteiger partial charge on any atom is -0.494 e. The fraction of sp³-hybridized carbons (Fsp3) is 0.464. The van der Waals surface area contributed by atoms with Crippen molar-refractivity contribution in [1.29, 1.82) is 0 Å². The van der Waals surface area contributed by atoms with Crippen LogP contribution in [0.5, 0.6) is 5.75 Å². The average molecular weight is 670 g/mol. The summed E-state index contributed by atoms with van der Waals surface area (Å²) in [6, 6.07) is 6.08. The summed E-state index contributed by atoms with van der Waals surface area (Å²) in [6.45, 7) is -1.04. The Kier molecular flexibility index (Phi) is 9.26. The largest absolute Gasteiger partial charge is 0.494 e. The van der Waals surface area contributed by atoms with Crippen LogP contribution >= 0.6 is 0 Å². The molecule has 1 saturated carbocycles. The molecule has 4 rings (SSSR count). The van der Waals surface area contributed by atoms with Crippen LogP contribution in [0, 0.1) is 0 Å². The number of alkyl halides is 8. The molecule has 1 fully saturated rings. The van der Waals surface area contributed by atoms with Crippen LogP contribution in [0.25, 0.3) is 5.57 Å². The molecule has 0 unspecified atom stereocenters. The van der Waals surface area contributed by atoms with Crippen LogP contribution in [0.15, 0.2) is 48.2 Å². The number of ether oxygens (including phenoxy) is 1. The van der Waals surface area contributed by atoms with E-state index in [-0.39, 0.29) is 42.9 Å². The Morgan fingerprint density at radius 2 is 1.71 bits per heavy atom. The number of carbonyl (C=O) groups excluding carboxylic acids is 2. The Labute approximate surface area is 252 Å². The van der Waals surface area contributed by atoms with Gasteiger partial charge >= 0.3 is 12.4 Å². The number of pyridine rings is 1. The van der Waals surface area contributed by atoms with E-state index >= 15 is 0 Å². The van der Waals surface area contributed by atoms with E-state index in [9.17, 15) is 53.1 Å². The molecule has 0 radical (unpaired) electrons. The standard InChI is InChI=1S/C28H27F8N3O5S/c1-45(42,43)25(10-11-25)24(41)38-15-20-19(21-8-3-16(14-37-21)22(29)30)13-26(28(34,35)36,39-23(20)40)17-4-6-18(7-5-17)44-12-2-9-27(31,32)33/h3-8,14,22H,2,9-13,15H2,1H3,(H,38,41)(H,39,40)/t26-/m0/s1. The van der Waals surface area contributed by atoms with Gasteiger partial charge in [-0.2, -0.15) is 26.3 Å². The first kappa shape index (κ1) is 34.1. The lowest BCUT2D eigenvalue weighted by molar-refractivity contribution is -0.201. The molecule has 8 nitrogen and oxygen atoms in total. The molecule has 2 heterocycles. The van der Waals surface area contributed by atoms with E-state index in [0.29, 0.717) is 0 Å². The van der Waals surface area contributed by atoms with Gasteiger partial charge < -0.3 is 15.4 Å². The molecule has 1 atom stereocenters. The van der Waals surface area contributed by atoms with Crippen molar-refractivity contribution < 1.29 is 57.9 Å². The van der Waals surface area contributed by atoms with Crippen molar-refractivity contribution in [2.24, 2.45) is 0 Å². The number of hydrogen-bond donors (Lipinski definition) is 2. The summed E-state index contributed by atoms with van der Waals surface area (Å²) >= 11 is 0. The molecular formula is C28H27F8N3O5S. The molecular weight excluding hydrogens is 642 g/mol. The number of amides is 2. The summed E-state index contributed by atoms with van der Waals surface area (Å²) in [6.07, 6.45) is -13.4. The molecule has 2 amide bonds. The van der Waals surface area contributed by atoms with Crippen LogP contribution in [-0.4, -0.2) is 61.7 Å². The lowest BCUT2D eigenvalue weighted by Crippen LogP contribution is -2.59. The molecule has 1 aromatic heterocycles. The zero-order chi connectivity index (χ0) is 33.4. The third-order valence-corrected chi connectivity index (χ3v) is 9.73. The van der Waals surface area contributed by atoms with Gasteiger partial charge in [0.2, 0.25) is 11.8 Å². The van der Waals surface area contributed by atoms with Gasteiger partial charge in [-0.05, 0) is 54.7 Å². The maximum atomic E-state index is 14.9. The molecule has 45 heavy (non-hydrogen) atoms. The van der Waals surface area contributed by atoms with Gasteiger partial charge in [-0.25, -0.2) is 17.2 Å². The summed E-state index contributed by atoms with van der Waals surface area (Å²) in [5.41, 5.74) is -5.10. The van der Waals surface area contributed by atoms with E-state index in [1.807, 2.05) is 5.32 Å². The number of sulfone groups is 1. The summed E-state index contributed by atoms with van der Waals surface area (Å²) < 4.78 is 136. The van der Waals surface area contributed by atoms with Crippen molar-refractivity contribution in [2.75, 3.05) is 19.4 Å². The molecule has 0 saturated heterocycles. The Morgan fingerprint density at radius 1 is 1.07 bits per heavy atom. The minimum atomic E-state index is -5.16. The van der Waals surface area contributed by atoms with Crippen LogP contribution < -0.4 is 15.4 Å². The molecule has 17 heteroatoms.